The highest BCUT2D eigenvalue weighted by atomic mass is 35.5. The third-order valence-electron chi connectivity index (χ3n) is 4.93. The molecule has 1 saturated heterocycles. The largest absolute Gasteiger partial charge is 0.381 e. The van der Waals surface area contributed by atoms with E-state index in [1.54, 1.807) is 0 Å². The lowest BCUT2D eigenvalue weighted by molar-refractivity contribution is -0.120. The second kappa shape index (κ2) is 7.65. The Morgan fingerprint density at radius 2 is 2.00 bits per heavy atom. The van der Waals surface area contributed by atoms with Crippen LogP contribution in [0.15, 0.2) is 24.3 Å². The molecule has 0 atom stereocenters. The third-order valence-corrected chi connectivity index (χ3v) is 5.26. The molecule has 2 fully saturated rings. The van der Waals surface area contributed by atoms with E-state index in [2.05, 4.69) is 16.7 Å². The summed E-state index contributed by atoms with van der Waals surface area (Å²) in [5.74, 6) is 0.844. The van der Waals surface area contributed by atoms with E-state index in [4.69, 9.17) is 16.3 Å². The van der Waals surface area contributed by atoms with Crippen LogP contribution in [0.2, 0.25) is 5.02 Å². The van der Waals surface area contributed by atoms with Gasteiger partial charge in [0.05, 0.1) is 6.54 Å². The molecule has 4 nitrogen and oxygen atoms in total. The van der Waals surface area contributed by atoms with Crippen LogP contribution in [0, 0.1) is 5.92 Å². The number of benzene rings is 1. The van der Waals surface area contributed by atoms with E-state index in [1.165, 1.54) is 12.8 Å². The summed E-state index contributed by atoms with van der Waals surface area (Å²) in [6.07, 6.45) is 4.35. The monoisotopic (exact) mass is 336 g/mol. The van der Waals surface area contributed by atoms with Crippen molar-refractivity contribution in [2.24, 2.45) is 5.92 Å². The molecule has 2 N–H and O–H groups in total. The highest BCUT2D eigenvalue weighted by molar-refractivity contribution is 6.31. The second-order valence-electron chi connectivity index (χ2n) is 6.72. The summed E-state index contributed by atoms with van der Waals surface area (Å²) in [5.41, 5.74) is 0.999. The van der Waals surface area contributed by atoms with E-state index in [0.29, 0.717) is 26.3 Å². The van der Waals surface area contributed by atoms with Crippen molar-refractivity contribution in [2.45, 2.75) is 31.1 Å². The zero-order chi connectivity index (χ0) is 16.1. The van der Waals surface area contributed by atoms with Crippen molar-refractivity contribution in [1.82, 2.24) is 10.6 Å². The van der Waals surface area contributed by atoms with E-state index in [1.807, 2.05) is 18.2 Å². The number of ether oxygens (including phenoxy) is 1. The van der Waals surface area contributed by atoms with Crippen LogP contribution in [0.4, 0.5) is 0 Å². The third kappa shape index (κ3) is 4.46. The molecular formula is C18H25ClN2O2. The normalized spacial score (nSPS) is 20.2. The molecular weight excluding hydrogens is 312 g/mol. The van der Waals surface area contributed by atoms with Crippen molar-refractivity contribution in [3.63, 3.8) is 0 Å². The number of hydrogen-bond acceptors (Lipinski definition) is 3. The first-order chi connectivity index (χ1) is 11.2. The van der Waals surface area contributed by atoms with Gasteiger partial charge in [0.2, 0.25) is 5.91 Å². The molecule has 1 amide bonds. The Morgan fingerprint density at radius 1 is 1.26 bits per heavy atom. The van der Waals surface area contributed by atoms with Gasteiger partial charge in [0, 0.05) is 30.2 Å². The van der Waals surface area contributed by atoms with Crippen LogP contribution < -0.4 is 10.6 Å². The van der Waals surface area contributed by atoms with Gasteiger partial charge in [-0.3, -0.25) is 4.79 Å². The van der Waals surface area contributed by atoms with Crippen molar-refractivity contribution in [3.8, 4) is 0 Å². The summed E-state index contributed by atoms with van der Waals surface area (Å²) in [6.45, 7) is 3.38. The van der Waals surface area contributed by atoms with Gasteiger partial charge in [-0.1, -0.05) is 29.8 Å². The number of amides is 1. The lowest BCUT2D eigenvalue weighted by Crippen LogP contribution is -2.46. The minimum Gasteiger partial charge on any atom is -0.381 e. The van der Waals surface area contributed by atoms with Crippen LogP contribution >= 0.6 is 11.6 Å². The highest BCUT2D eigenvalue weighted by Gasteiger charge is 2.36. The molecule has 1 aliphatic carbocycles. The maximum absolute atomic E-state index is 12.1. The lowest BCUT2D eigenvalue weighted by Gasteiger charge is -2.38. The van der Waals surface area contributed by atoms with E-state index < -0.39 is 0 Å². The molecule has 23 heavy (non-hydrogen) atoms. The van der Waals surface area contributed by atoms with Gasteiger partial charge in [-0.05, 0) is 49.8 Å². The van der Waals surface area contributed by atoms with Gasteiger partial charge in [0.15, 0.2) is 0 Å². The van der Waals surface area contributed by atoms with Gasteiger partial charge in [0.1, 0.15) is 0 Å². The van der Waals surface area contributed by atoms with Crippen molar-refractivity contribution < 1.29 is 9.53 Å². The molecule has 2 aliphatic rings. The summed E-state index contributed by atoms with van der Waals surface area (Å²) in [7, 11) is 0. The van der Waals surface area contributed by atoms with E-state index in [9.17, 15) is 4.79 Å². The Morgan fingerprint density at radius 3 is 2.70 bits per heavy atom. The average molecular weight is 337 g/mol. The van der Waals surface area contributed by atoms with E-state index >= 15 is 0 Å². The van der Waals surface area contributed by atoms with E-state index in [0.717, 1.165) is 35.9 Å². The van der Waals surface area contributed by atoms with Gasteiger partial charge in [-0.2, -0.15) is 0 Å². The zero-order valence-corrected chi connectivity index (χ0v) is 14.2. The Hall–Kier alpha value is -1.10. The fraction of sp³-hybridized carbons (Fsp3) is 0.611. The first kappa shape index (κ1) is 16.7. The molecule has 126 valence electrons. The molecule has 0 spiro atoms. The van der Waals surface area contributed by atoms with Crippen LogP contribution in [0.3, 0.4) is 0 Å². The smallest absolute Gasteiger partial charge is 0.233 e. The first-order valence-electron chi connectivity index (χ1n) is 8.50. The van der Waals surface area contributed by atoms with Gasteiger partial charge in [-0.25, -0.2) is 0 Å². The molecule has 1 heterocycles. The summed E-state index contributed by atoms with van der Waals surface area (Å²) < 4.78 is 5.52. The number of carbonyl (C=O) groups is 1. The Kier molecular flexibility index (Phi) is 5.57. The standard InChI is InChI=1S/C18H25ClN2O2/c19-16-4-2-1-3-15(16)18(7-9-23-10-8-18)13-21-17(22)12-20-11-14-5-6-14/h1-4,14,20H,5-13H2,(H,21,22). The Labute approximate surface area is 142 Å². The maximum Gasteiger partial charge on any atom is 0.233 e. The predicted octanol–water partition coefficient (Wildman–Crippen LogP) is 2.50. The first-order valence-corrected chi connectivity index (χ1v) is 8.88. The van der Waals surface area contributed by atoms with Crippen molar-refractivity contribution in [2.75, 3.05) is 32.8 Å². The molecule has 1 aromatic carbocycles. The summed E-state index contributed by atoms with van der Waals surface area (Å²) in [6, 6.07) is 7.95. The quantitative estimate of drug-likeness (QED) is 0.804. The van der Waals surface area contributed by atoms with Crippen LogP contribution in [-0.4, -0.2) is 38.8 Å². The maximum atomic E-state index is 12.1. The molecule has 3 rings (SSSR count). The number of halogens is 1. The lowest BCUT2D eigenvalue weighted by atomic mass is 9.74. The fourth-order valence-electron chi connectivity index (χ4n) is 3.24. The number of carbonyl (C=O) groups excluding carboxylic acids is 1. The van der Waals surface area contributed by atoms with Gasteiger partial charge >= 0.3 is 0 Å². The van der Waals surface area contributed by atoms with Crippen LogP contribution in [0.5, 0.6) is 0 Å². The van der Waals surface area contributed by atoms with Crippen molar-refractivity contribution >= 4 is 17.5 Å². The molecule has 5 heteroatoms. The fourth-order valence-corrected chi connectivity index (χ4v) is 3.57. The van der Waals surface area contributed by atoms with E-state index in [-0.39, 0.29) is 11.3 Å². The second-order valence-corrected chi connectivity index (χ2v) is 7.13. The van der Waals surface area contributed by atoms with Gasteiger partial charge in [0.25, 0.3) is 0 Å². The molecule has 0 aromatic heterocycles. The van der Waals surface area contributed by atoms with Crippen LogP contribution in [0.1, 0.15) is 31.2 Å². The van der Waals surface area contributed by atoms with Crippen molar-refractivity contribution in [3.05, 3.63) is 34.9 Å². The average Bonchev–Trinajstić information content (AvgIpc) is 3.39. The minimum absolute atomic E-state index is 0.0589. The number of hydrogen-bond donors (Lipinski definition) is 2. The molecule has 1 saturated carbocycles. The van der Waals surface area contributed by atoms with Crippen LogP contribution in [-0.2, 0) is 14.9 Å². The Balaban J connectivity index is 1.60. The van der Waals surface area contributed by atoms with Crippen LogP contribution in [0.25, 0.3) is 0 Å². The summed E-state index contributed by atoms with van der Waals surface area (Å²) in [5, 5.41) is 7.11. The summed E-state index contributed by atoms with van der Waals surface area (Å²) in [4.78, 5) is 12.1. The Bertz CT molecular complexity index is 540. The minimum atomic E-state index is -0.122. The zero-order valence-electron chi connectivity index (χ0n) is 13.4. The molecule has 1 aliphatic heterocycles. The molecule has 1 aromatic rings. The topological polar surface area (TPSA) is 50.4 Å². The van der Waals surface area contributed by atoms with Gasteiger partial charge in [-0.15, -0.1) is 0 Å². The molecule has 0 unspecified atom stereocenters. The highest BCUT2D eigenvalue weighted by Crippen LogP contribution is 2.38. The molecule has 0 radical (unpaired) electrons. The molecule has 0 bridgehead atoms. The van der Waals surface area contributed by atoms with Crippen molar-refractivity contribution in [1.29, 1.82) is 0 Å². The SMILES string of the molecule is O=C(CNCC1CC1)NCC1(c2ccccc2Cl)CCOCC1. The van der Waals surface area contributed by atoms with Gasteiger partial charge < -0.3 is 15.4 Å². The predicted molar refractivity (Wildman–Crippen MR) is 91.8 cm³/mol. The number of rotatable bonds is 7. The summed E-state index contributed by atoms with van der Waals surface area (Å²) >= 11 is 6.42. The number of nitrogens with one attached hydrogen (secondary N) is 2.